The Kier molecular flexibility index (Phi) is 5.31. The van der Waals surface area contributed by atoms with Crippen LogP contribution in [0.1, 0.15) is 5.56 Å². The van der Waals surface area contributed by atoms with Gasteiger partial charge in [0.15, 0.2) is 17.3 Å². The summed E-state index contributed by atoms with van der Waals surface area (Å²) in [5.74, 6) is 2.36. The van der Waals surface area contributed by atoms with Crippen molar-refractivity contribution in [1.29, 1.82) is 0 Å². The molecular weight excluding hydrogens is 402 g/mol. The molecule has 0 spiro atoms. The average Bonchev–Trinajstić information content (AvgIpc) is 3.29. The molecule has 3 heterocycles. The van der Waals surface area contributed by atoms with E-state index in [1.165, 1.54) is 11.3 Å². The van der Waals surface area contributed by atoms with Crippen molar-refractivity contribution in [2.45, 2.75) is 6.92 Å². The van der Waals surface area contributed by atoms with E-state index in [9.17, 15) is 0 Å². The molecule has 0 saturated carbocycles. The minimum atomic E-state index is 0.688. The van der Waals surface area contributed by atoms with Crippen LogP contribution in [0.15, 0.2) is 60.9 Å². The SMILES string of the molecule is COc1ccc(-c2cc3c(N4CCN(c5ccc(C)cc5)CC4)nccn3n2)cc1OC. The molecule has 0 radical (unpaired) electrons. The Morgan fingerprint density at radius 1 is 0.812 bits per heavy atom. The first-order valence-electron chi connectivity index (χ1n) is 10.8. The molecule has 4 aromatic rings. The topological polar surface area (TPSA) is 55.1 Å². The summed E-state index contributed by atoms with van der Waals surface area (Å²) < 4.78 is 12.7. The standard InChI is InChI=1S/C25H27N5O2/c1-18-4-7-20(8-5-18)28-12-14-29(15-13-28)25-22-17-21(27-30(22)11-10-26-25)19-6-9-23(31-2)24(16-19)32-3/h4-11,16-17H,12-15H2,1-3H3. The van der Waals surface area contributed by atoms with Crippen molar-refractivity contribution in [2.24, 2.45) is 0 Å². The molecule has 7 nitrogen and oxygen atoms in total. The quantitative estimate of drug-likeness (QED) is 0.477. The zero-order valence-corrected chi connectivity index (χ0v) is 18.7. The summed E-state index contributed by atoms with van der Waals surface area (Å²) in [6.45, 7) is 5.87. The molecular formula is C25H27N5O2. The second-order valence-electron chi connectivity index (χ2n) is 7.99. The number of methoxy groups -OCH3 is 2. The number of rotatable bonds is 5. The van der Waals surface area contributed by atoms with Crippen LogP contribution < -0.4 is 19.3 Å². The summed E-state index contributed by atoms with van der Waals surface area (Å²) in [7, 11) is 3.28. The van der Waals surface area contributed by atoms with Crippen molar-refractivity contribution in [1.82, 2.24) is 14.6 Å². The van der Waals surface area contributed by atoms with Gasteiger partial charge in [0, 0.05) is 49.8 Å². The third-order valence-corrected chi connectivity index (χ3v) is 6.03. The zero-order chi connectivity index (χ0) is 22.1. The molecule has 5 rings (SSSR count). The summed E-state index contributed by atoms with van der Waals surface area (Å²) in [6.07, 6.45) is 3.71. The van der Waals surface area contributed by atoms with Gasteiger partial charge in [0.2, 0.25) is 0 Å². The number of benzene rings is 2. The van der Waals surface area contributed by atoms with E-state index in [0.717, 1.165) is 48.8 Å². The van der Waals surface area contributed by atoms with Gasteiger partial charge in [-0.2, -0.15) is 5.10 Å². The fourth-order valence-corrected chi connectivity index (χ4v) is 4.22. The molecule has 2 aromatic heterocycles. The highest BCUT2D eigenvalue weighted by Gasteiger charge is 2.21. The fourth-order valence-electron chi connectivity index (χ4n) is 4.22. The van der Waals surface area contributed by atoms with Crippen LogP contribution in [0.3, 0.4) is 0 Å². The second-order valence-corrected chi connectivity index (χ2v) is 7.99. The van der Waals surface area contributed by atoms with Gasteiger partial charge in [-0.3, -0.25) is 0 Å². The number of piperazine rings is 1. The molecule has 0 unspecified atom stereocenters. The smallest absolute Gasteiger partial charge is 0.161 e. The molecule has 0 atom stereocenters. The van der Waals surface area contributed by atoms with E-state index >= 15 is 0 Å². The van der Waals surface area contributed by atoms with Gasteiger partial charge < -0.3 is 19.3 Å². The van der Waals surface area contributed by atoms with Crippen molar-refractivity contribution in [3.05, 3.63) is 66.5 Å². The fraction of sp³-hybridized carbons (Fsp3) is 0.280. The Bertz CT molecular complexity index is 1230. The predicted molar refractivity (Wildman–Crippen MR) is 127 cm³/mol. The van der Waals surface area contributed by atoms with Gasteiger partial charge in [-0.15, -0.1) is 0 Å². The maximum absolute atomic E-state index is 5.46. The lowest BCUT2D eigenvalue weighted by Crippen LogP contribution is -2.47. The molecule has 1 saturated heterocycles. The second kappa shape index (κ2) is 8.42. The first-order valence-corrected chi connectivity index (χ1v) is 10.8. The predicted octanol–water partition coefficient (Wildman–Crippen LogP) is 4.05. The summed E-state index contributed by atoms with van der Waals surface area (Å²) >= 11 is 0. The largest absolute Gasteiger partial charge is 0.493 e. The molecule has 0 amide bonds. The van der Waals surface area contributed by atoms with Crippen molar-refractivity contribution < 1.29 is 9.47 Å². The number of fused-ring (bicyclic) bond motifs is 1. The number of aromatic nitrogens is 3. The van der Waals surface area contributed by atoms with Crippen LogP contribution in [0.25, 0.3) is 16.8 Å². The van der Waals surface area contributed by atoms with Crippen molar-refractivity contribution >= 4 is 17.0 Å². The Hall–Kier alpha value is -3.74. The molecule has 1 fully saturated rings. The van der Waals surface area contributed by atoms with Crippen LogP contribution in [-0.2, 0) is 0 Å². The van der Waals surface area contributed by atoms with E-state index in [1.807, 2.05) is 35.1 Å². The molecule has 0 N–H and O–H groups in total. The van der Waals surface area contributed by atoms with Crippen molar-refractivity contribution in [3.8, 4) is 22.8 Å². The molecule has 0 aliphatic carbocycles. The highest BCUT2D eigenvalue weighted by Crippen LogP contribution is 2.33. The van der Waals surface area contributed by atoms with Crippen LogP contribution in [-0.4, -0.2) is 55.0 Å². The van der Waals surface area contributed by atoms with Gasteiger partial charge in [0.25, 0.3) is 0 Å². The van der Waals surface area contributed by atoms with Crippen LogP contribution in [0, 0.1) is 6.92 Å². The Morgan fingerprint density at radius 2 is 1.53 bits per heavy atom. The molecule has 1 aliphatic heterocycles. The minimum absolute atomic E-state index is 0.688. The average molecular weight is 430 g/mol. The normalized spacial score (nSPS) is 14.1. The van der Waals surface area contributed by atoms with Crippen LogP contribution in [0.2, 0.25) is 0 Å². The lowest BCUT2D eigenvalue weighted by atomic mass is 10.1. The van der Waals surface area contributed by atoms with E-state index in [4.69, 9.17) is 19.6 Å². The van der Waals surface area contributed by atoms with Gasteiger partial charge in [0.1, 0.15) is 5.52 Å². The van der Waals surface area contributed by atoms with Gasteiger partial charge in [0.05, 0.1) is 19.9 Å². The number of ether oxygens (including phenoxy) is 2. The highest BCUT2D eigenvalue weighted by molar-refractivity contribution is 5.76. The van der Waals surface area contributed by atoms with Gasteiger partial charge in [-0.25, -0.2) is 9.50 Å². The molecule has 0 bridgehead atoms. The lowest BCUT2D eigenvalue weighted by molar-refractivity contribution is 0.355. The number of anilines is 2. The number of aryl methyl sites for hydroxylation is 1. The Morgan fingerprint density at radius 3 is 2.25 bits per heavy atom. The summed E-state index contributed by atoms with van der Waals surface area (Å²) in [5, 5.41) is 4.78. The third-order valence-electron chi connectivity index (χ3n) is 6.03. The van der Waals surface area contributed by atoms with E-state index in [1.54, 1.807) is 14.2 Å². The van der Waals surface area contributed by atoms with Gasteiger partial charge >= 0.3 is 0 Å². The van der Waals surface area contributed by atoms with Crippen LogP contribution >= 0.6 is 0 Å². The van der Waals surface area contributed by atoms with E-state index in [-0.39, 0.29) is 0 Å². The van der Waals surface area contributed by atoms with Crippen molar-refractivity contribution in [2.75, 3.05) is 50.2 Å². The lowest BCUT2D eigenvalue weighted by Gasteiger charge is -2.36. The maximum atomic E-state index is 5.46. The molecule has 7 heteroatoms. The van der Waals surface area contributed by atoms with E-state index in [0.29, 0.717) is 11.5 Å². The minimum Gasteiger partial charge on any atom is -0.493 e. The monoisotopic (exact) mass is 429 g/mol. The summed E-state index contributed by atoms with van der Waals surface area (Å²) in [4.78, 5) is 9.49. The first kappa shape index (κ1) is 20.2. The van der Waals surface area contributed by atoms with E-state index in [2.05, 4.69) is 47.1 Å². The number of hydrogen-bond acceptors (Lipinski definition) is 6. The molecule has 164 valence electrons. The molecule has 1 aliphatic rings. The molecule has 2 aromatic carbocycles. The first-order chi connectivity index (χ1) is 15.7. The van der Waals surface area contributed by atoms with E-state index < -0.39 is 0 Å². The number of nitrogens with zero attached hydrogens (tertiary/aromatic N) is 5. The van der Waals surface area contributed by atoms with Crippen molar-refractivity contribution in [3.63, 3.8) is 0 Å². The van der Waals surface area contributed by atoms with Gasteiger partial charge in [-0.1, -0.05) is 17.7 Å². The Balaban J connectivity index is 1.40. The van der Waals surface area contributed by atoms with Gasteiger partial charge in [-0.05, 0) is 43.3 Å². The summed E-state index contributed by atoms with van der Waals surface area (Å²) in [5.41, 5.74) is 5.41. The number of hydrogen-bond donors (Lipinski definition) is 0. The van der Waals surface area contributed by atoms with Crippen LogP contribution in [0.4, 0.5) is 11.5 Å². The Labute approximate surface area is 187 Å². The highest BCUT2D eigenvalue weighted by atomic mass is 16.5. The molecule has 32 heavy (non-hydrogen) atoms. The zero-order valence-electron chi connectivity index (χ0n) is 18.7. The summed E-state index contributed by atoms with van der Waals surface area (Å²) in [6, 6.07) is 16.7. The maximum Gasteiger partial charge on any atom is 0.161 e. The third kappa shape index (κ3) is 3.70. The van der Waals surface area contributed by atoms with Crippen LogP contribution in [0.5, 0.6) is 11.5 Å².